The van der Waals surface area contributed by atoms with E-state index in [9.17, 15) is 5.11 Å². The van der Waals surface area contributed by atoms with Crippen LogP contribution in [-0.4, -0.2) is 22.2 Å². The molecule has 16 heavy (non-hydrogen) atoms. The summed E-state index contributed by atoms with van der Waals surface area (Å²) < 4.78 is 0. The maximum atomic E-state index is 9.32. The third-order valence-corrected chi connectivity index (χ3v) is 3.11. The molecule has 0 spiro atoms. The molecule has 1 aromatic rings. The summed E-state index contributed by atoms with van der Waals surface area (Å²) in [5.41, 5.74) is 6.27. The Morgan fingerprint density at radius 1 is 1.62 bits per heavy atom. The molecule has 2 rings (SSSR count). The molecule has 0 unspecified atom stereocenters. The van der Waals surface area contributed by atoms with E-state index in [1.807, 2.05) is 6.07 Å². The number of rotatable bonds is 3. The molecule has 1 aliphatic carbocycles. The number of nitrogens with zero attached hydrogens (tertiary/aromatic N) is 2. The lowest BCUT2D eigenvalue weighted by Gasteiger charge is -2.41. The van der Waals surface area contributed by atoms with Crippen molar-refractivity contribution in [1.29, 1.82) is 5.26 Å². The number of hydrogen-bond donors (Lipinski definition) is 3. The van der Waals surface area contributed by atoms with E-state index >= 15 is 0 Å². The van der Waals surface area contributed by atoms with Crippen molar-refractivity contribution < 1.29 is 5.11 Å². The Hall–Kier alpha value is -1.80. The zero-order valence-electron chi connectivity index (χ0n) is 8.90. The van der Waals surface area contributed by atoms with Gasteiger partial charge in [-0.15, -0.1) is 0 Å². The molecule has 1 heterocycles. The number of anilines is 2. The van der Waals surface area contributed by atoms with Gasteiger partial charge in [-0.3, -0.25) is 0 Å². The van der Waals surface area contributed by atoms with Crippen LogP contribution in [0.5, 0.6) is 0 Å². The highest BCUT2D eigenvalue weighted by molar-refractivity contribution is 5.69. The van der Waals surface area contributed by atoms with Crippen molar-refractivity contribution >= 4 is 11.5 Å². The average Bonchev–Trinajstić information content (AvgIpc) is 2.25. The standard InChI is InChI=1S/C11H14N4O/c12-6-8-2-5-14-10(9(8)13)15-11(7-16)3-1-4-11/h2,5,16H,1,3-4,7,13H2,(H,14,15). The Morgan fingerprint density at radius 3 is 2.88 bits per heavy atom. The van der Waals surface area contributed by atoms with Crippen molar-refractivity contribution in [3.05, 3.63) is 17.8 Å². The lowest BCUT2D eigenvalue weighted by Crippen LogP contribution is -2.48. The first kappa shape index (κ1) is 10.7. The van der Waals surface area contributed by atoms with Crippen LogP contribution in [-0.2, 0) is 0 Å². The molecular formula is C11H14N4O. The molecule has 4 N–H and O–H groups in total. The first-order valence-electron chi connectivity index (χ1n) is 5.24. The van der Waals surface area contributed by atoms with E-state index in [1.54, 1.807) is 12.3 Å². The number of nitrogens with two attached hydrogens (primary N) is 1. The molecule has 5 heteroatoms. The van der Waals surface area contributed by atoms with Gasteiger partial charge in [0.15, 0.2) is 5.82 Å². The molecule has 0 bridgehead atoms. The van der Waals surface area contributed by atoms with Gasteiger partial charge in [0.1, 0.15) is 6.07 Å². The molecular weight excluding hydrogens is 204 g/mol. The largest absolute Gasteiger partial charge is 0.395 e. The number of nitrogen functional groups attached to an aromatic ring is 1. The third kappa shape index (κ3) is 1.68. The predicted molar refractivity (Wildman–Crippen MR) is 60.7 cm³/mol. The molecule has 0 amide bonds. The third-order valence-electron chi connectivity index (χ3n) is 3.11. The number of pyridine rings is 1. The van der Waals surface area contributed by atoms with Gasteiger partial charge >= 0.3 is 0 Å². The minimum atomic E-state index is -0.296. The summed E-state index contributed by atoms with van der Waals surface area (Å²) in [7, 11) is 0. The first-order valence-corrected chi connectivity index (χ1v) is 5.24. The van der Waals surface area contributed by atoms with Crippen molar-refractivity contribution in [3.8, 4) is 6.07 Å². The Morgan fingerprint density at radius 2 is 2.38 bits per heavy atom. The second-order valence-electron chi connectivity index (χ2n) is 4.15. The molecule has 1 aliphatic rings. The van der Waals surface area contributed by atoms with Crippen LogP contribution in [0.3, 0.4) is 0 Å². The van der Waals surface area contributed by atoms with Gasteiger partial charge in [0.05, 0.1) is 23.4 Å². The smallest absolute Gasteiger partial charge is 0.151 e. The van der Waals surface area contributed by atoms with E-state index in [4.69, 9.17) is 11.0 Å². The molecule has 1 aromatic heterocycles. The summed E-state index contributed by atoms with van der Waals surface area (Å²) in [6.07, 6.45) is 4.44. The Labute approximate surface area is 93.9 Å². The summed E-state index contributed by atoms with van der Waals surface area (Å²) in [5.74, 6) is 0.493. The predicted octanol–water partition coefficient (Wildman–Crippen LogP) is 0.862. The van der Waals surface area contributed by atoms with Gasteiger partial charge in [-0.2, -0.15) is 5.26 Å². The van der Waals surface area contributed by atoms with Gasteiger partial charge in [0.2, 0.25) is 0 Å². The first-order chi connectivity index (χ1) is 7.71. The summed E-state index contributed by atoms with van der Waals surface area (Å²) in [5, 5.41) is 21.3. The van der Waals surface area contributed by atoms with Crippen LogP contribution < -0.4 is 11.1 Å². The molecule has 0 aliphatic heterocycles. The second-order valence-corrected chi connectivity index (χ2v) is 4.15. The molecule has 0 saturated heterocycles. The van der Waals surface area contributed by atoms with Crippen molar-refractivity contribution in [2.45, 2.75) is 24.8 Å². The van der Waals surface area contributed by atoms with E-state index in [0.29, 0.717) is 17.1 Å². The topological polar surface area (TPSA) is 95.0 Å². The van der Waals surface area contributed by atoms with Gasteiger partial charge in [-0.05, 0) is 25.3 Å². The Balaban J connectivity index is 2.25. The maximum absolute atomic E-state index is 9.32. The highest BCUT2D eigenvalue weighted by Gasteiger charge is 2.37. The lowest BCUT2D eigenvalue weighted by atomic mass is 9.77. The monoisotopic (exact) mass is 218 g/mol. The van der Waals surface area contributed by atoms with E-state index in [1.165, 1.54) is 0 Å². The van der Waals surface area contributed by atoms with Crippen LogP contribution in [0.25, 0.3) is 0 Å². The van der Waals surface area contributed by atoms with Crippen molar-refractivity contribution in [1.82, 2.24) is 4.98 Å². The van der Waals surface area contributed by atoms with Crippen LogP contribution in [0.2, 0.25) is 0 Å². The Kier molecular flexibility index (Phi) is 2.67. The molecule has 1 saturated carbocycles. The molecule has 1 fully saturated rings. The number of nitriles is 1. The Bertz CT molecular complexity index is 429. The van der Waals surface area contributed by atoms with E-state index in [0.717, 1.165) is 19.3 Å². The molecule has 0 atom stereocenters. The number of nitrogens with one attached hydrogen (secondary N) is 1. The molecule has 5 nitrogen and oxygen atoms in total. The van der Waals surface area contributed by atoms with Crippen LogP contribution in [0.1, 0.15) is 24.8 Å². The normalized spacial score (nSPS) is 17.2. The zero-order chi connectivity index (χ0) is 11.6. The highest BCUT2D eigenvalue weighted by atomic mass is 16.3. The van der Waals surface area contributed by atoms with Crippen molar-refractivity contribution in [3.63, 3.8) is 0 Å². The van der Waals surface area contributed by atoms with Crippen LogP contribution >= 0.6 is 0 Å². The summed E-state index contributed by atoms with van der Waals surface area (Å²) >= 11 is 0. The van der Waals surface area contributed by atoms with Gasteiger partial charge in [0.25, 0.3) is 0 Å². The van der Waals surface area contributed by atoms with Gasteiger partial charge in [-0.1, -0.05) is 0 Å². The summed E-state index contributed by atoms with van der Waals surface area (Å²) in [6.45, 7) is 0.0604. The zero-order valence-corrected chi connectivity index (χ0v) is 8.90. The number of aliphatic hydroxyl groups excluding tert-OH is 1. The fourth-order valence-corrected chi connectivity index (χ4v) is 1.85. The molecule has 0 radical (unpaired) electrons. The number of aliphatic hydroxyl groups is 1. The SMILES string of the molecule is N#Cc1ccnc(NC2(CO)CCC2)c1N. The van der Waals surface area contributed by atoms with Gasteiger partial charge in [0, 0.05) is 6.20 Å². The summed E-state index contributed by atoms with van der Waals surface area (Å²) in [4.78, 5) is 4.10. The summed E-state index contributed by atoms with van der Waals surface area (Å²) in [6, 6.07) is 3.58. The average molecular weight is 218 g/mol. The van der Waals surface area contributed by atoms with Crippen LogP contribution in [0.15, 0.2) is 12.3 Å². The van der Waals surface area contributed by atoms with Crippen LogP contribution in [0, 0.1) is 11.3 Å². The minimum absolute atomic E-state index is 0.0604. The second kappa shape index (κ2) is 3.99. The van der Waals surface area contributed by atoms with Gasteiger partial charge < -0.3 is 16.2 Å². The lowest BCUT2D eigenvalue weighted by molar-refractivity contribution is 0.144. The molecule has 0 aromatic carbocycles. The maximum Gasteiger partial charge on any atom is 0.151 e. The van der Waals surface area contributed by atoms with E-state index in [2.05, 4.69) is 10.3 Å². The number of aromatic nitrogens is 1. The van der Waals surface area contributed by atoms with E-state index < -0.39 is 0 Å². The number of hydrogen-bond acceptors (Lipinski definition) is 5. The van der Waals surface area contributed by atoms with Crippen LogP contribution in [0.4, 0.5) is 11.5 Å². The van der Waals surface area contributed by atoms with Gasteiger partial charge in [-0.25, -0.2) is 4.98 Å². The minimum Gasteiger partial charge on any atom is -0.395 e. The van der Waals surface area contributed by atoms with E-state index in [-0.39, 0.29) is 12.1 Å². The van der Waals surface area contributed by atoms with Crippen molar-refractivity contribution in [2.75, 3.05) is 17.7 Å². The fraction of sp³-hybridized carbons (Fsp3) is 0.455. The quantitative estimate of drug-likeness (QED) is 0.699. The molecule has 84 valence electrons. The fourth-order valence-electron chi connectivity index (χ4n) is 1.85. The van der Waals surface area contributed by atoms with Crippen molar-refractivity contribution in [2.24, 2.45) is 0 Å². The highest BCUT2D eigenvalue weighted by Crippen LogP contribution is 2.36.